The maximum Gasteiger partial charge on any atom is 0.244 e. The lowest BCUT2D eigenvalue weighted by atomic mass is 10.0. The van der Waals surface area contributed by atoms with Gasteiger partial charge in [-0.25, -0.2) is 17.5 Å². The molecule has 0 unspecified atom stereocenters. The zero-order valence-electron chi connectivity index (χ0n) is 12.3. The molecule has 0 aromatic heterocycles. The molecule has 1 aromatic carbocycles. The molecule has 0 heterocycles. The maximum absolute atomic E-state index is 14.4. The molecule has 7 heteroatoms. The molecule has 1 aromatic rings. The summed E-state index contributed by atoms with van der Waals surface area (Å²) in [6, 6.07) is 2.89. The highest BCUT2D eigenvalue weighted by atomic mass is 79.9. The predicted molar refractivity (Wildman–Crippen MR) is 84.0 cm³/mol. The number of hydrogen-bond acceptors (Lipinski definition) is 3. The Balaban J connectivity index is 2.39. The molecule has 2 rings (SSSR count). The third kappa shape index (κ3) is 3.83. The van der Waals surface area contributed by atoms with Crippen LogP contribution in [0.15, 0.2) is 21.5 Å². The van der Waals surface area contributed by atoms with E-state index in [2.05, 4.69) is 26.0 Å². The number of nitrogens with one attached hydrogen (secondary N) is 2. The first-order valence-corrected chi connectivity index (χ1v) is 9.11. The summed E-state index contributed by atoms with van der Waals surface area (Å²) in [6.07, 6.45) is 2.00. The second kappa shape index (κ2) is 5.95. The molecular formula is C14H20BrFN2O2S. The summed E-state index contributed by atoms with van der Waals surface area (Å²) in [7, 11) is -2.22. The van der Waals surface area contributed by atoms with E-state index in [1.54, 1.807) is 13.1 Å². The van der Waals surface area contributed by atoms with E-state index in [0.717, 1.165) is 12.8 Å². The van der Waals surface area contributed by atoms with Gasteiger partial charge in [-0.2, -0.15) is 0 Å². The molecule has 2 N–H and O–H groups in total. The van der Waals surface area contributed by atoms with E-state index >= 15 is 0 Å². The standard InChI is InChI=1S/C14H20BrFN2O2S/c1-14(2,10-4-5-10)18-21(19,20)12-7-11(15)6-9(8-17-3)13(12)16/h6-7,10,17-18H,4-5,8H2,1-3H3. The van der Waals surface area contributed by atoms with E-state index in [0.29, 0.717) is 16.0 Å². The van der Waals surface area contributed by atoms with Crippen molar-refractivity contribution in [1.29, 1.82) is 0 Å². The van der Waals surface area contributed by atoms with Crippen LogP contribution >= 0.6 is 15.9 Å². The summed E-state index contributed by atoms with van der Waals surface area (Å²) in [5.74, 6) is -0.383. The van der Waals surface area contributed by atoms with Crippen LogP contribution in [0.2, 0.25) is 0 Å². The second-order valence-corrected chi connectivity index (χ2v) is 8.58. The highest BCUT2D eigenvalue weighted by molar-refractivity contribution is 9.10. The topological polar surface area (TPSA) is 58.2 Å². The van der Waals surface area contributed by atoms with Gasteiger partial charge in [-0.05, 0) is 51.8 Å². The minimum atomic E-state index is -3.90. The van der Waals surface area contributed by atoms with Crippen molar-refractivity contribution in [2.75, 3.05) is 7.05 Å². The Morgan fingerprint density at radius 3 is 2.52 bits per heavy atom. The SMILES string of the molecule is CNCc1cc(Br)cc(S(=O)(=O)NC(C)(C)C2CC2)c1F. The lowest BCUT2D eigenvalue weighted by molar-refractivity contribution is 0.399. The van der Waals surface area contributed by atoms with E-state index in [-0.39, 0.29) is 11.4 Å². The van der Waals surface area contributed by atoms with Gasteiger partial charge in [0, 0.05) is 22.1 Å². The lowest BCUT2D eigenvalue weighted by Crippen LogP contribution is -2.45. The molecule has 0 saturated heterocycles. The van der Waals surface area contributed by atoms with Crippen LogP contribution in [0.4, 0.5) is 4.39 Å². The minimum absolute atomic E-state index is 0.264. The van der Waals surface area contributed by atoms with Crippen LogP contribution in [0.25, 0.3) is 0 Å². The molecule has 0 spiro atoms. The molecule has 1 aliphatic carbocycles. The van der Waals surface area contributed by atoms with E-state index in [9.17, 15) is 12.8 Å². The van der Waals surface area contributed by atoms with E-state index in [1.165, 1.54) is 6.07 Å². The van der Waals surface area contributed by atoms with E-state index < -0.39 is 21.4 Å². The summed E-state index contributed by atoms with van der Waals surface area (Å²) < 4.78 is 42.7. The van der Waals surface area contributed by atoms with Gasteiger partial charge in [0.1, 0.15) is 10.7 Å². The Morgan fingerprint density at radius 2 is 2.00 bits per heavy atom. The van der Waals surface area contributed by atoms with Crippen LogP contribution in [0.1, 0.15) is 32.3 Å². The zero-order valence-corrected chi connectivity index (χ0v) is 14.7. The van der Waals surface area contributed by atoms with Gasteiger partial charge >= 0.3 is 0 Å². The summed E-state index contributed by atoms with van der Waals surface area (Å²) in [5, 5.41) is 2.83. The van der Waals surface area contributed by atoms with Crippen molar-refractivity contribution in [3.05, 3.63) is 28.0 Å². The van der Waals surface area contributed by atoms with Crippen molar-refractivity contribution in [2.45, 2.75) is 43.7 Å². The van der Waals surface area contributed by atoms with Crippen LogP contribution < -0.4 is 10.0 Å². The average molecular weight is 379 g/mol. The Bertz CT molecular complexity index is 643. The van der Waals surface area contributed by atoms with Crippen molar-refractivity contribution in [1.82, 2.24) is 10.0 Å². The molecule has 0 atom stereocenters. The monoisotopic (exact) mass is 378 g/mol. The number of benzene rings is 1. The normalized spacial score (nSPS) is 16.2. The third-order valence-electron chi connectivity index (χ3n) is 3.73. The smallest absolute Gasteiger partial charge is 0.244 e. The van der Waals surface area contributed by atoms with Crippen molar-refractivity contribution in [3.8, 4) is 0 Å². The van der Waals surface area contributed by atoms with E-state index in [4.69, 9.17) is 0 Å². The van der Waals surface area contributed by atoms with Crippen molar-refractivity contribution in [3.63, 3.8) is 0 Å². The van der Waals surface area contributed by atoms with Gasteiger partial charge in [0.25, 0.3) is 0 Å². The van der Waals surface area contributed by atoms with Crippen LogP contribution in [0, 0.1) is 11.7 Å². The highest BCUT2D eigenvalue weighted by Gasteiger charge is 2.41. The molecule has 1 fully saturated rings. The summed E-state index contributed by atoms with van der Waals surface area (Å²) in [5.41, 5.74) is -0.243. The summed E-state index contributed by atoms with van der Waals surface area (Å²) in [4.78, 5) is -0.309. The molecule has 21 heavy (non-hydrogen) atoms. The second-order valence-electron chi connectivity index (χ2n) is 6.01. The lowest BCUT2D eigenvalue weighted by Gasteiger charge is -2.26. The van der Waals surface area contributed by atoms with Gasteiger partial charge in [-0.15, -0.1) is 0 Å². The minimum Gasteiger partial charge on any atom is -0.316 e. The maximum atomic E-state index is 14.4. The molecule has 1 saturated carbocycles. The van der Waals surface area contributed by atoms with Gasteiger partial charge in [-0.1, -0.05) is 15.9 Å². The van der Waals surface area contributed by atoms with Gasteiger partial charge in [0.15, 0.2) is 0 Å². The number of rotatable bonds is 6. The van der Waals surface area contributed by atoms with Crippen LogP contribution in [-0.4, -0.2) is 21.0 Å². The number of halogens is 2. The fourth-order valence-electron chi connectivity index (χ4n) is 2.42. The van der Waals surface area contributed by atoms with Gasteiger partial charge in [-0.3, -0.25) is 0 Å². The first-order valence-electron chi connectivity index (χ1n) is 6.84. The molecular weight excluding hydrogens is 359 g/mol. The molecule has 4 nitrogen and oxygen atoms in total. The molecule has 0 aliphatic heterocycles. The molecule has 118 valence electrons. The van der Waals surface area contributed by atoms with Crippen LogP contribution in [-0.2, 0) is 16.6 Å². The molecule has 1 aliphatic rings. The number of hydrogen-bond donors (Lipinski definition) is 2. The number of sulfonamides is 1. The van der Waals surface area contributed by atoms with Crippen molar-refractivity contribution in [2.24, 2.45) is 5.92 Å². The van der Waals surface area contributed by atoms with Gasteiger partial charge < -0.3 is 5.32 Å². The highest BCUT2D eigenvalue weighted by Crippen LogP contribution is 2.40. The Labute approximate surface area is 133 Å². The summed E-state index contributed by atoms with van der Waals surface area (Å²) in [6.45, 7) is 3.94. The Hall–Kier alpha value is -0.500. The predicted octanol–water partition coefficient (Wildman–Crippen LogP) is 2.77. The van der Waals surface area contributed by atoms with E-state index in [1.807, 2.05) is 13.8 Å². The Kier molecular flexibility index (Phi) is 4.78. The first kappa shape index (κ1) is 16.9. The summed E-state index contributed by atoms with van der Waals surface area (Å²) >= 11 is 3.24. The first-order chi connectivity index (χ1) is 9.67. The van der Waals surface area contributed by atoms with Gasteiger partial charge in [0.2, 0.25) is 10.0 Å². The van der Waals surface area contributed by atoms with Gasteiger partial charge in [0.05, 0.1) is 0 Å². The largest absolute Gasteiger partial charge is 0.316 e. The zero-order chi connectivity index (χ0) is 15.8. The third-order valence-corrected chi connectivity index (χ3v) is 5.86. The molecule has 0 amide bonds. The quantitative estimate of drug-likeness (QED) is 0.799. The van der Waals surface area contributed by atoms with Crippen LogP contribution in [0.3, 0.4) is 0 Å². The van der Waals surface area contributed by atoms with Crippen molar-refractivity contribution >= 4 is 26.0 Å². The van der Waals surface area contributed by atoms with Crippen LogP contribution in [0.5, 0.6) is 0 Å². The fraction of sp³-hybridized carbons (Fsp3) is 0.571. The Morgan fingerprint density at radius 1 is 1.38 bits per heavy atom. The fourth-order valence-corrected chi connectivity index (χ4v) is 4.70. The molecule has 0 radical (unpaired) electrons. The van der Waals surface area contributed by atoms with Crippen molar-refractivity contribution < 1.29 is 12.8 Å². The average Bonchev–Trinajstić information content (AvgIpc) is 3.16. The molecule has 0 bridgehead atoms.